The fourth-order valence-corrected chi connectivity index (χ4v) is 1.99. The molecule has 2 rings (SSSR count). The van der Waals surface area contributed by atoms with E-state index in [4.69, 9.17) is 5.73 Å². The number of guanidine groups is 1. The fraction of sp³-hybridized carbons (Fsp3) is 0.538. The molecule has 0 radical (unpaired) electrons. The summed E-state index contributed by atoms with van der Waals surface area (Å²) in [7, 11) is 0. The standard InChI is InChI=1S/C13H20N4.HI/c1-11-5-8-17(9-6-11)13(14)16-10-12-4-2-3-7-15-12;/h2-4,7,11H,5-6,8-10H2,1H3,(H2,14,16);1H. The second-order valence-corrected chi connectivity index (χ2v) is 4.67. The van der Waals surface area contributed by atoms with Gasteiger partial charge in [0, 0.05) is 19.3 Å². The molecule has 5 heteroatoms. The van der Waals surface area contributed by atoms with E-state index in [2.05, 4.69) is 21.8 Å². The van der Waals surface area contributed by atoms with Crippen molar-refractivity contribution in [2.24, 2.45) is 16.6 Å². The average Bonchev–Trinajstić information content (AvgIpc) is 2.38. The van der Waals surface area contributed by atoms with Gasteiger partial charge in [-0.2, -0.15) is 0 Å². The molecule has 1 saturated heterocycles. The molecular formula is C13H21IN4. The molecule has 0 saturated carbocycles. The molecule has 1 fully saturated rings. The molecule has 18 heavy (non-hydrogen) atoms. The Labute approximate surface area is 126 Å². The monoisotopic (exact) mass is 360 g/mol. The lowest BCUT2D eigenvalue weighted by Gasteiger charge is -2.30. The van der Waals surface area contributed by atoms with E-state index in [0.717, 1.165) is 24.7 Å². The van der Waals surface area contributed by atoms with E-state index in [9.17, 15) is 0 Å². The second kappa shape index (κ2) is 7.56. The molecule has 0 amide bonds. The van der Waals surface area contributed by atoms with Crippen molar-refractivity contribution >= 4 is 29.9 Å². The van der Waals surface area contributed by atoms with E-state index in [1.54, 1.807) is 6.20 Å². The van der Waals surface area contributed by atoms with Crippen LogP contribution in [0.4, 0.5) is 0 Å². The largest absolute Gasteiger partial charge is 0.370 e. The van der Waals surface area contributed by atoms with Gasteiger partial charge in [-0.25, -0.2) is 4.99 Å². The summed E-state index contributed by atoms with van der Waals surface area (Å²) in [4.78, 5) is 10.8. The van der Waals surface area contributed by atoms with Gasteiger partial charge in [-0.15, -0.1) is 24.0 Å². The number of pyridine rings is 1. The number of nitrogens with zero attached hydrogens (tertiary/aromatic N) is 3. The molecule has 0 aliphatic carbocycles. The van der Waals surface area contributed by atoms with Crippen LogP contribution >= 0.6 is 24.0 Å². The number of hydrogen-bond donors (Lipinski definition) is 1. The molecule has 2 N–H and O–H groups in total. The topological polar surface area (TPSA) is 54.5 Å². The first-order valence-electron chi connectivity index (χ1n) is 6.20. The maximum Gasteiger partial charge on any atom is 0.191 e. The molecule has 100 valence electrons. The summed E-state index contributed by atoms with van der Waals surface area (Å²) in [5.74, 6) is 1.47. The summed E-state index contributed by atoms with van der Waals surface area (Å²) in [6, 6.07) is 5.84. The number of likely N-dealkylation sites (tertiary alicyclic amines) is 1. The third-order valence-corrected chi connectivity index (χ3v) is 3.24. The lowest BCUT2D eigenvalue weighted by atomic mass is 10.00. The van der Waals surface area contributed by atoms with Crippen LogP contribution in [0.15, 0.2) is 29.4 Å². The lowest BCUT2D eigenvalue weighted by molar-refractivity contribution is 0.277. The number of aliphatic imine (C=N–C) groups is 1. The zero-order valence-corrected chi connectivity index (χ0v) is 13.1. The van der Waals surface area contributed by atoms with Gasteiger partial charge in [-0.1, -0.05) is 13.0 Å². The summed E-state index contributed by atoms with van der Waals surface area (Å²) in [6.07, 6.45) is 4.20. The SMILES string of the molecule is CC1CCN(C(N)=NCc2ccccn2)CC1.I. The van der Waals surface area contributed by atoms with Crippen LogP contribution in [-0.2, 0) is 6.54 Å². The van der Waals surface area contributed by atoms with Gasteiger partial charge in [0.2, 0.25) is 0 Å². The number of rotatable bonds is 2. The highest BCUT2D eigenvalue weighted by Gasteiger charge is 2.16. The van der Waals surface area contributed by atoms with Crippen LogP contribution in [0.2, 0.25) is 0 Å². The Morgan fingerprint density at radius 2 is 2.17 bits per heavy atom. The Bertz CT molecular complexity index is 372. The Morgan fingerprint density at radius 3 is 2.78 bits per heavy atom. The smallest absolute Gasteiger partial charge is 0.191 e. The summed E-state index contributed by atoms with van der Waals surface area (Å²) in [6.45, 7) is 4.91. The molecule has 0 aromatic carbocycles. The molecule has 1 aromatic rings. The normalized spacial score (nSPS) is 17.4. The van der Waals surface area contributed by atoms with E-state index in [1.807, 2.05) is 18.2 Å². The highest BCUT2D eigenvalue weighted by Crippen LogP contribution is 2.15. The van der Waals surface area contributed by atoms with Crippen molar-refractivity contribution in [3.8, 4) is 0 Å². The van der Waals surface area contributed by atoms with Crippen LogP contribution in [0.5, 0.6) is 0 Å². The van der Waals surface area contributed by atoms with Gasteiger partial charge in [0.15, 0.2) is 5.96 Å². The van der Waals surface area contributed by atoms with Gasteiger partial charge in [0.25, 0.3) is 0 Å². The zero-order valence-electron chi connectivity index (χ0n) is 10.7. The average molecular weight is 360 g/mol. The van der Waals surface area contributed by atoms with E-state index < -0.39 is 0 Å². The van der Waals surface area contributed by atoms with Gasteiger partial charge in [-0.05, 0) is 30.9 Å². The van der Waals surface area contributed by atoms with Crippen molar-refractivity contribution in [3.05, 3.63) is 30.1 Å². The quantitative estimate of drug-likeness (QED) is 0.500. The Balaban J connectivity index is 0.00000162. The van der Waals surface area contributed by atoms with Crippen molar-refractivity contribution in [3.63, 3.8) is 0 Å². The minimum absolute atomic E-state index is 0. The maximum atomic E-state index is 5.99. The fourth-order valence-electron chi connectivity index (χ4n) is 1.99. The molecule has 0 bridgehead atoms. The highest BCUT2D eigenvalue weighted by molar-refractivity contribution is 14.0. The van der Waals surface area contributed by atoms with Gasteiger partial charge in [-0.3, -0.25) is 4.98 Å². The van der Waals surface area contributed by atoms with Crippen LogP contribution in [0.3, 0.4) is 0 Å². The molecule has 1 aliphatic heterocycles. The van der Waals surface area contributed by atoms with Gasteiger partial charge in [0.05, 0.1) is 12.2 Å². The first-order chi connectivity index (χ1) is 8.25. The number of hydrogen-bond acceptors (Lipinski definition) is 2. The van der Waals surface area contributed by atoms with E-state index in [0.29, 0.717) is 12.5 Å². The molecule has 1 aliphatic rings. The van der Waals surface area contributed by atoms with E-state index in [1.165, 1.54) is 12.8 Å². The Kier molecular flexibility index (Phi) is 6.38. The second-order valence-electron chi connectivity index (χ2n) is 4.67. The van der Waals surface area contributed by atoms with Crippen LogP contribution in [0.25, 0.3) is 0 Å². The predicted molar refractivity (Wildman–Crippen MR) is 84.9 cm³/mol. The summed E-state index contributed by atoms with van der Waals surface area (Å²) in [5.41, 5.74) is 6.95. The zero-order chi connectivity index (χ0) is 12.1. The first kappa shape index (κ1) is 15.2. The van der Waals surface area contributed by atoms with Crippen molar-refractivity contribution in [2.45, 2.75) is 26.3 Å². The molecular weight excluding hydrogens is 339 g/mol. The van der Waals surface area contributed by atoms with Gasteiger partial charge < -0.3 is 10.6 Å². The number of aromatic nitrogens is 1. The third kappa shape index (κ3) is 4.44. The van der Waals surface area contributed by atoms with Gasteiger partial charge >= 0.3 is 0 Å². The van der Waals surface area contributed by atoms with Crippen LogP contribution in [0.1, 0.15) is 25.5 Å². The van der Waals surface area contributed by atoms with Crippen molar-refractivity contribution in [2.75, 3.05) is 13.1 Å². The van der Waals surface area contributed by atoms with E-state index in [-0.39, 0.29) is 24.0 Å². The molecule has 2 heterocycles. The molecule has 0 spiro atoms. The lowest BCUT2D eigenvalue weighted by Crippen LogP contribution is -2.42. The highest BCUT2D eigenvalue weighted by atomic mass is 127. The van der Waals surface area contributed by atoms with Crippen molar-refractivity contribution in [1.29, 1.82) is 0 Å². The van der Waals surface area contributed by atoms with Crippen molar-refractivity contribution in [1.82, 2.24) is 9.88 Å². The minimum Gasteiger partial charge on any atom is -0.370 e. The third-order valence-electron chi connectivity index (χ3n) is 3.24. The summed E-state index contributed by atoms with van der Waals surface area (Å²) >= 11 is 0. The number of piperidine rings is 1. The maximum absolute atomic E-state index is 5.99. The first-order valence-corrected chi connectivity index (χ1v) is 6.20. The molecule has 1 aromatic heterocycles. The number of halogens is 1. The summed E-state index contributed by atoms with van der Waals surface area (Å²) < 4.78 is 0. The number of nitrogens with two attached hydrogens (primary N) is 1. The van der Waals surface area contributed by atoms with Gasteiger partial charge in [0.1, 0.15) is 0 Å². The Hall–Kier alpha value is -0.850. The van der Waals surface area contributed by atoms with Crippen molar-refractivity contribution < 1.29 is 0 Å². The minimum atomic E-state index is 0. The molecule has 0 atom stereocenters. The van der Waals surface area contributed by atoms with Crippen LogP contribution < -0.4 is 5.73 Å². The predicted octanol–water partition coefficient (Wildman–Crippen LogP) is 2.25. The van der Waals surface area contributed by atoms with Crippen LogP contribution in [0, 0.1) is 5.92 Å². The van der Waals surface area contributed by atoms with E-state index >= 15 is 0 Å². The Morgan fingerprint density at radius 1 is 1.44 bits per heavy atom. The molecule has 4 nitrogen and oxygen atoms in total. The van der Waals surface area contributed by atoms with Crippen LogP contribution in [-0.4, -0.2) is 28.9 Å². The molecule has 0 unspecified atom stereocenters. The summed E-state index contributed by atoms with van der Waals surface area (Å²) in [5, 5.41) is 0.